The smallest absolute Gasteiger partial charge is 0.398 e. The van der Waals surface area contributed by atoms with Gasteiger partial charge in [0.15, 0.2) is 12.7 Å². The molecule has 0 amide bonds. The maximum Gasteiger partial charge on any atom is 0.398 e. The Hall–Kier alpha value is -5.30. The van der Waals surface area contributed by atoms with Gasteiger partial charge in [0.2, 0.25) is 5.88 Å². The summed E-state index contributed by atoms with van der Waals surface area (Å²) in [4.78, 5) is 16.0. The van der Waals surface area contributed by atoms with Crippen LogP contribution in [-0.2, 0) is 0 Å². The number of fused-ring (bicyclic) bond motifs is 3. The van der Waals surface area contributed by atoms with Crippen molar-refractivity contribution in [1.82, 2.24) is 9.47 Å². The SMILES string of the molecule is COc1ccc(-n2c3c(c4ccccc4c2=O)N(c2ccccc2)[N+](C)=C(/C=C/C=C2C=CN(C)C=C2)O3)cc1. The van der Waals surface area contributed by atoms with E-state index < -0.39 is 0 Å². The highest BCUT2D eigenvalue weighted by atomic mass is 16.5. The topological polar surface area (TPSA) is 50.0 Å². The van der Waals surface area contributed by atoms with Gasteiger partial charge in [-0.3, -0.25) is 4.79 Å². The average Bonchev–Trinajstić information content (AvgIpc) is 2.99. The van der Waals surface area contributed by atoms with Gasteiger partial charge < -0.3 is 14.4 Å². The Bertz CT molecular complexity index is 1780. The molecule has 3 heterocycles. The third-order valence-electron chi connectivity index (χ3n) is 6.92. The molecule has 0 N–H and O–H groups in total. The molecule has 7 heteroatoms. The molecule has 0 spiro atoms. The number of pyridine rings is 1. The molecule has 7 nitrogen and oxygen atoms in total. The van der Waals surface area contributed by atoms with E-state index in [1.54, 1.807) is 11.7 Å². The fraction of sp³-hybridized carbons (Fsp3) is 0.0909. The van der Waals surface area contributed by atoms with Crippen LogP contribution in [0.25, 0.3) is 16.5 Å². The van der Waals surface area contributed by atoms with Crippen molar-refractivity contribution in [3.63, 3.8) is 0 Å². The largest absolute Gasteiger partial charge is 0.497 e. The lowest BCUT2D eigenvalue weighted by Crippen LogP contribution is -2.41. The third kappa shape index (κ3) is 4.47. The molecule has 1 aromatic heterocycles. The van der Waals surface area contributed by atoms with E-state index in [1.165, 1.54) is 0 Å². The van der Waals surface area contributed by atoms with E-state index in [-0.39, 0.29) is 5.56 Å². The first-order valence-corrected chi connectivity index (χ1v) is 13.0. The Morgan fingerprint density at radius 3 is 2.23 bits per heavy atom. The van der Waals surface area contributed by atoms with Gasteiger partial charge in [0, 0.05) is 24.8 Å². The summed E-state index contributed by atoms with van der Waals surface area (Å²) >= 11 is 0. The minimum absolute atomic E-state index is 0.163. The standard InChI is InChI=1S/C33H29N4O3/c1-34-22-20-24(21-23-34)10-9-15-30-35(2)37(26-11-5-4-6-12-26)31-28-13-7-8-14-29(28)32(38)36(33(31)40-30)25-16-18-27(39-3)19-17-25/h4-23H,1-3H3/q+1. The monoisotopic (exact) mass is 529 g/mol. The third-order valence-corrected chi connectivity index (χ3v) is 6.92. The summed E-state index contributed by atoms with van der Waals surface area (Å²) in [7, 11) is 5.56. The molecule has 0 saturated heterocycles. The zero-order chi connectivity index (χ0) is 27.6. The van der Waals surface area contributed by atoms with E-state index in [2.05, 4.69) is 5.01 Å². The molecule has 0 unspecified atom stereocenters. The van der Waals surface area contributed by atoms with Crippen molar-refractivity contribution >= 4 is 28.0 Å². The summed E-state index contributed by atoms with van der Waals surface area (Å²) in [6, 6.07) is 25.1. The minimum Gasteiger partial charge on any atom is -0.497 e. The summed E-state index contributed by atoms with van der Waals surface area (Å²) in [5.74, 6) is 1.70. The van der Waals surface area contributed by atoms with Crippen LogP contribution in [0.3, 0.4) is 0 Å². The van der Waals surface area contributed by atoms with E-state index in [9.17, 15) is 4.79 Å². The van der Waals surface area contributed by atoms with E-state index in [0.717, 1.165) is 22.3 Å². The number of allylic oxidation sites excluding steroid dienone is 5. The van der Waals surface area contributed by atoms with Gasteiger partial charge in [-0.2, -0.15) is 0 Å². The lowest BCUT2D eigenvalue weighted by Gasteiger charge is -2.29. The Morgan fingerprint density at radius 1 is 0.850 bits per heavy atom. The van der Waals surface area contributed by atoms with Crippen LogP contribution < -0.4 is 20.0 Å². The predicted octanol–water partition coefficient (Wildman–Crippen LogP) is 5.94. The van der Waals surface area contributed by atoms with Gasteiger partial charge >= 0.3 is 5.90 Å². The molecule has 4 aromatic rings. The van der Waals surface area contributed by atoms with Crippen molar-refractivity contribution in [2.75, 3.05) is 26.2 Å². The molecule has 40 heavy (non-hydrogen) atoms. The summed E-state index contributed by atoms with van der Waals surface area (Å²) in [5, 5.41) is 3.48. The second-order valence-corrected chi connectivity index (χ2v) is 9.47. The van der Waals surface area contributed by atoms with Crippen LogP contribution in [0, 0.1) is 0 Å². The van der Waals surface area contributed by atoms with Crippen LogP contribution >= 0.6 is 0 Å². The van der Waals surface area contributed by atoms with Gasteiger partial charge in [-0.05, 0) is 60.2 Å². The highest BCUT2D eigenvalue weighted by molar-refractivity contribution is 6.01. The van der Waals surface area contributed by atoms with Crippen LogP contribution in [0.15, 0.2) is 132 Å². The summed E-state index contributed by atoms with van der Waals surface area (Å²) in [6.45, 7) is 0. The van der Waals surface area contributed by atoms with Gasteiger partial charge in [-0.15, -0.1) is 5.01 Å². The van der Waals surface area contributed by atoms with Crippen LogP contribution in [-0.4, -0.2) is 41.3 Å². The molecule has 0 saturated carbocycles. The molecule has 2 aliphatic rings. The molecule has 6 rings (SSSR count). The normalized spacial score (nSPS) is 14.6. The van der Waals surface area contributed by atoms with Crippen LogP contribution in [0.1, 0.15) is 0 Å². The van der Waals surface area contributed by atoms with Crippen LogP contribution in [0.2, 0.25) is 0 Å². The van der Waals surface area contributed by atoms with Crippen molar-refractivity contribution in [3.8, 4) is 17.3 Å². The fourth-order valence-electron chi connectivity index (χ4n) is 4.87. The number of hydrogen-bond acceptors (Lipinski definition) is 5. The van der Waals surface area contributed by atoms with Crippen molar-refractivity contribution in [2.45, 2.75) is 0 Å². The molecule has 198 valence electrons. The number of benzene rings is 3. The molecule has 0 aliphatic carbocycles. The number of anilines is 2. The number of nitrogens with zero attached hydrogens (tertiary/aromatic N) is 4. The lowest BCUT2D eigenvalue weighted by atomic mass is 10.1. The molecule has 0 fully saturated rings. The Morgan fingerprint density at radius 2 is 1.52 bits per heavy atom. The summed E-state index contributed by atoms with van der Waals surface area (Å²) in [5.41, 5.74) is 3.29. The molecule has 2 aliphatic heterocycles. The number of aromatic nitrogens is 1. The number of hydrazine groups is 1. The zero-order valence-corrected chi connectivity index (χ0v) is 22.6. The first-order valence-electron chi connectivity index (χ1n) is 13.0. The van der Waals surface area contributed by atoms with E-state index in [4.69, 9.17) is 9.47 Å². The Kier molecular flexibility index (Phi) is 6.54. The van der Waals surface area contributed by atoms with E-state index in [0.29, 0.717) is 28.6 Å². The van der Waals surface area contributed by atoms with Crippen molar-refractivity contribution in [2.24, 2.45) is 0 Å². The van der Waals surface area contributed by atoms with E-state index >= 15 is 0 Å². The van der Waals surface area contributed by atoms with Crippen molar-refractivity contribution in [1.29, 1.82) is 0 Å². The predicted molar refractivity (Wildman–Crippen MR) is 160 cm³/mol. The highest BCUT2D eigenvalue weighted by Crippen LogP contribution is 2.42. The molecule has 0 radical (unpaired) electrons. The van der Waals surface area contributed by atoms with Crippen molar-refractivity contribution < 1.29 is 14.2 Å². The zero-order valence-electron chi connectivity index (χ0n) is 22.6. The lowest BCUT2D eigenvalue weighted by molar-refractivity contribution is -0.509. The molecular weight excluding hydrogens is 500 g/mol. The number of ether oxygens (including phenoxy) is 2. The maximum atomic E-state index is 14.0. The minimum atomic E-state index is -0.163. The second-order valence-electron chi connectivity index (χ2n) is 9.47. The van der Waals surface area contributed by atoms with Crippen molar-refractivity contribution in [3.05, 3.63) is 138 Å². The molecule has 0 bridgehead atoms. The molecular formula is C33H29N4O3+. The van der Waals surface area contributed by atoms with Crippen LogP contribution in [0.4, 0.5) is 11.4 Å². The average molecular weight is 530 g/mol. The summed E-state index contributed by atoms with van der Waals surface area (Å²) < 4.78 is 15.6. The first-order chi connectivity index (χ1) is 19.5. The number of hydrogen-bond donors (Lipinski definition) is 0. The Labute approximate surface area is 232 Å². The highest BCUT2D eigenvalue weighted by Gasteiger charge is 2.37. The molecule has 3 aromatic carbocycles. The second kappa shape index (κ2) is 10.5. The van der Waals surface area contributed by atoms with E-state index in [1.807, 2.05) is 145 Å². The fourth-order valence-corrected chi connectivity index (χ4v) is 4.87. The summed E-state index contributed by atoms with van der Waals surface area (Å²) in [6.07, 6.45) is 14.0. The van der Waals surface area contributed by atoms with Crippen LogP contribution in [0.5, 0.6) is 11.6 Å². The van der Waals surface area contributed by atoms with Gasteiger partial charge in [-0.1, -0.05) is 53.2 Å². The first kappa shape index (κ1) is 25.0. The quantitative estimate of drug-likeness (QED) is 0.300. The number of methoxy groups -OCH3 is 1. The maximum absolute atomic E-state index is 14.0. The van der Waals surface area contributed by atoms with Gasteiger partial charge in [0.25, 0.3) is 5.56 Å². The molecule has 0 atom stereocenters. The number of hydrazone groups is 1. The Balaban J connectivity index is 1.58. The van der Waals surface area contributed by atoms with Gasteiger partial charge in [0.05, 0.1) is 24.3 Å². The number of rotatable bonds is 5. The number of para-hydroxylation sites is 1. The van der Waals surface area contributed by atoms with Gasteiger partial charge in [-0.25, -0.2) is 4.57 Å². The van der Waals surface area contributed by atoms with Gasteiger partial charge in [0.1, 0.15) is 11.4 Å².